The molecule has 0 saturated carbocycles. The largest absolute Gasteiger partial charge is 0.370 e. The molecule has 1 unspecified atom stereocenters. The third kappa shape index (κ3) is 2.83. The maximum atomic E-state index is 11.1. The van der Waals surface area contributed by atoms with Crippen LogP contribution in [0.2, 0.25) is 0 Å². The number of carbonyl (C=O) groups excluding carboxylic acids is 1. The van der Waals surface area contributed by atoms with Gasteiger partial charge in [0, 0.05) is 12.5 Å². The molecule has 0 aromatic heterocycles. The zero-order chi connectivity index (χ0) is 14.8. The van der Waals surface area contributed by atoms with E-state index in [9.17, 15) is 4.79 Å². The average molecular weight is 280 g/mol. The molecule has 0 heterocycles. The summed E-state index contributed by atoms with van der Waals surface area (Å²) >= 11 is 0. The number of amides is 1. The van der Waals surface area contributed by atoms with E-state index in [4.69, 9.17) is 5.73 Å². The molecular weight excluding hydrogens is 260 g/mol. The molecule has 0 aliphatic heterocycles. The summed E-state index contributed by atoms with van der Waals surface area (Å²) in [4.78, 5) is 11.1. The van der Waals surface area contributed by atoms with E-state index >= 15 is 0 Å². The van der Waals surface area contributed by atoms with Crippen molar-refractivity contribution >= 4 is 5.91 Å². The zero-order valence-electron chi connectivity index (χ0n) is 12.2. The van der Waals surface area contributed by atoms with Gasteiger partial charge in [0.05, 0.1) is 6.04 Å². The van der Waals surface area contributed by atoms with Crippen LogP contribution in [0, 0.1) is 0 Å². The molecule has 3 N–H and O–H groups in total. The van der Waals surface area contributed by atoms with Gasteiger partial charge in [0.1, 0.15) is 0 Å². The number of fused-ring (bicyclic) bond motifs is 2. The molecule has 0 saturated heterocycles. The minimum absolute atomic E-state index is 0.0479. The van der Waals surface area contributed by atoms with E-state index in [1.165, 1.54) is 22.3 Å². The SMILES string of the molecule is CC(CC(N)=O)NC1c2ccccc2Cc2ccccc21. The Morgan fingerprint density at radius 2 is 1.67 bits per heavy atom. The quantitative estimate of drug-likeness (QED) is 0.904. The van der Waals surface area contributed by atoms with Crippen molar-refractivity contribution in [2.75, 3.05) is 0 Å². The Balaban J connectivity index is 1.96. The van der Waals surface area contributed by atoms with Crippen LogP contribution in [-0.2, 0) is 11.2 Å². The topological polar surface area (TPSA) is 55.1 Å². The molecule has 1 amide bonds. The lowest BCUT2D eigenvalue weighted by Crippen LogP contribution is -2.36. The Labute approximate surface area is 125 Å². The number of nitrogens with one attached hydrogen (secondary N) is 1. The minimum Gasteiger partial charge on any atom is -0.370 e. The molecular formula is C18H20N2O. The molecule has 0 bridgehead atoms. The fraction of sp³-hybridized carbons (Fsp3) is 0.278. The van der Waals surface area contributed by atoms with Crippen molar-refractivity contribution in [1.82, 2.24) is 5.32 Å². The van der Waals surface area contributed by atoms with E-state index in [0.717, 1.165) is 6.42 Å². The van der Waals surface area contributed by atoms with Crippen molar-refractivity contribution in [2.45, 2.75) is 31.8 Å². The molecule has 0 radical (unpaired) electrons. The molecule has 3 heteroatoms. The summed E-state index contributed by atoms with van der Waals surface area (Å²) in [7, 11) is 0. The first-order valence-corrected chi connectivity index (χ1v) is 7.35. The molecule has 1 atom stereocenters. The maximum absolute atomic E-state index is 11.1. The smallest absolute Gasteiger partial charge is 0.218 e. The van der Waals surface area contributed by atoms with Crippen LogP contribution < -0.4 is 11.1 Å². The molecule has 3 rings (SSSR count). The van der Waals surface area contributed by atoms with Crippen molar-refractivity contribution in [1.29, 1.82) is 0 Å². The Bertz CT molecular complexity index is 620. The normalized spacial score (nSPS) is 15.1. The van der Waals surface area contributed by atoms with Gasteiger partial charge in [-0.05, 0) is 35.6 Å². The van der Waals surface area contributed by atoms with Gasteiger partial charge in [-0.1, -0.05) is 48.5 Å². The van der Waals surface area contributed by atoms with Gasteiger partial charge in [-0.3, -0.25) is 4.79 Å². The van der Waals surface area contributed by atoms with Crippen molar-refractivity contribution in [3.8, 4) is 0 Å². The molecule has 21 heavy (non-hydrogen) atoms. The fourth-order valence-electron chi connectivity index (χ4n) is 3.15. The number of primary amides is 1. The molecule has 2 aromatic rings. The second kappa shape index (κ2) is 5.70. The highest BCUT2D eigenvalue weighted by Gasteiger charge is 2.26. The summed E-state index contributed by atoms with van der Waals surface area (Å²) < 4.78 is 0. The standard InChI is InChI=1S/C18H20N2O/c1-12(10-17(19)21)20-18-15-8-4-2-6-13(15)11-14-7-3-5-9-16(14)18/h2-9,12,18,20H,10-11H2,1H3,(H2,19,21). The van der Waals surface area contributed by atoms with Gasteiger partial charge in [-0.15, -0.1) is 0 Å². The number of benzene rings is 2. The van der Waals surface area contributed by atoms with Crippen LogP contribution in [0.25, 0.3) is 0 Å². The van der Waals surface area contributed by atoms with Crippen LogP contribution in [0.1, 0.15) is 41.6 Å². The summed E-state index contributed by atoms with van der Waals surface area (Å²) in [5, 5.41) is 3.56. The Kier molecular flexibility index (Phi) is 3.76. The van der Waals surface area contributed by atoms with Gasteiger partial charge in [0.25, 0.3) is 0 Å². The Morgan fingerprint density at radius 1 is 1.14 bits per heavy atom. The van der Waals surface area contributed by atoms with Gasteiger partial charge in [0.2, 0.25) is 5.91 Å². The zero-order valence-corrected chi connectivity index (χ0v) is 12.2. The van der Waals surface area contributed by atoms with E-state index in [0.29, 0.717) is 6.42 Å². The first kappa shape index (κ1) is 13.8. The van der Waals surface area contributed by atoms with Gasteiger partial charge in [-0.25, -0.2) is 0 Å². The fourth-order valence-corrected chi connectivity index (χ4v) is 3.15. The van der Waals surface area contributed by atoms with Crippen LogP contribution in [0.3, 0.4) is 0 Å². The molecule has 3 nitrogen and oxygen atoms in total. The second-order valence-corrected chi connectivity index (χ2v) is 5.75. The molecule has 1 aliphatic carbocycles. The van der Waals surface area contributed by atoms with Crippen molar-refractivity contribution in [3.05, 3.63) is 70.8 Å². The Morgan fingerprint density at radius 3 is 2.19 bits per heavy atom. The lowest BCUT2D eigenvalue weighted by molar-refractivity contribution is -0.118. The predicted molar refractivity (Wildman–Crippen MR) is 83.9 cm³/mol. The Hall–Kier alpha value is -2.13. The number of hydrogen-bond donors (Lipinski definition) is 2. The van der Waals surface area contributed by atoms with Crippen LogP contribution in [-0.4, -0.2) is 11.9 Å². The highest BCUT2D eigenvalue weighted by Crippen LogP contribution is 2.35. The van der Waals surface area contributed by atoms with E-state index in [1.807, 2.05) is 6.92 Å². The summed E-state index contributed by atoms with van der Waals surface area (Å²) in [6, 6.07) is 17.2. The van der Waals surface area contributed by atoms with Crippen molar-refractivity contribution < 1.29 is 4.79 Å². The molecule has 2 aromatic carbocycles. The third-order valence-corrected chi connectivity index (χ3v) is 4.07. The van der Waals surface area contributed by atoms with Crippen LogP contribution in [0.5, 0.6) is 0 Å². The van der Waals surface area contributed by atoms with E-state index < -0.39 is 0 Å². The van der Waals surface area contributed by atoms with Crippen LogP contribution >= 0.6 is 0 Å². The number of hydrogen-bond acceptors (Lipinski definition) is 2. The monoisotopic (exact) mass is 280 g/mol. The number of nitrogens with two attached hydrogens (primary N) is 1. The average Bonchev–Trinajstić information content (AvgIpc) is 2.46. The van der Waals surface area contributed by atoms with E-state index in [2.05, 4.69) is 53.8 Å². The summed E-state index contributed by atoms with van der Waals surface area (Å²) in [6.45, 7) is 2.00. The highest BCUT2D eigenvalue weighted by atomic mass is 16.1. The van der Waals surface area contributed by atoms with E-state index in [1.54, 1.807) is 0 Å². The lowest BCUT2D eigenvalue weighted by atomic mass is 9.82. The first-order chi connectivity index (χ1) is 10.1. The van der Waals surface area contributed by atoms with Crippen molar-refractivity contribution in [3.63, 3.8) is 0 Å². The van der Waals surface area contributed by atoms with Crippen LogP contribution in [0.15, 0.2) is 48.5 Å². The molecule has 1 aliphatic rings. The highest BCUT2D eigenvalue weighted by molar-refractivity contribution is 5.74. The van der Waals surface area contributed by atoms with Gasteiger partial charge in [-0.2, -0.15) is 0 Å². The third-order valence-electron chi connectivity index (χ3n) is 4.07. The van der Waals surface area contributed by atoms with Gasteiger partial charge in [0.15, 0.2) is 0 Å². The van der Waals surface area contributed by atoms with Crippen LogP contribution in [0.4, 0.5) is 0 Å². The second-order valence-electron chi connectivity index (χ2n) is 5.75. The summed E-state index contributed by atoms with van der Waals surface area (Å²) in [6.07, 6.45) is 1.32. The lowest BCUT2D eigenvalue weighted by Gasteiger charge is -2.31. The predicted octanol–water partition coefficient (Wildman–Crippen LogP) is 2.53. The summed E-state index contributed by atoms with van der Waals surface area (Å²) in [5.41, 5.74) is 10.6. The van der Waals surface area contributed by atoms with Gasteiger partial charge < -0.3 is 11.1 Å². The van der Waals surface area contributed by atoms with E-state index in [-0.39, 0.29) is 18.0 Å². The molecule has 108 valence electrons. The molecule has 0 fully saturated rings. The maximum Gasteiger partial charge on any atom is 0.218 e. The first-order valence-electron chi connectivity index (χ1n) is 7.35. The summed E-state index contributed by atoms with van der Waals surface area (Å²) in [5.74, 6) is -0.271. The minimum atomic E-state index is -0.271. The van der Waals surface area contributed by atoms with Crippen molar-refractivity contribution in [2.24, 2.45) is 5.73 Å². The number of carbonyl (C=O) groups is 1. The number of rotatable bonds is 4. The molecule has 0 spiro atoms. The van der Waals surface area contributed by atoms with Gasteiger partial charge >= 0.3 is 0 Å².